The van der Waals surface area contributed by atoms with Crippen LogP contribution in [0.3, 0.4) is 0 Å². The SMILES string of the molecule is CCCCCCCCC(O)C(Cl)CCCCCCCC(=O)OCC(CC)CCCC. The molecule has 0 bridgehead atoms. The van der Waals surface area contributed by atoms with Crippen molar-refractivity contribution in [3.63, 3.8) is 0 Å². The lowest BCUT2D eigenvalue weighted by Crippen LogP contribution is -2.20. The number of hydrogen-bond acceptors (Lipinski definition) is 3. The minimum atomic E-state index is -0.364. The van der Waals surface area contributed by atoms with Crippen LogP contribution in [0.5, 0.6) is 0 Å². The highest BCUT2D eigenvalue weighted by molar-refractivity contribution is 6.21. The number of carbonyl (C=O) groups excluding carboxylic acids is 1. The Morgan fingerprint density at radius 3 is 1.97 bits per heavy atom. The molecule has 4 heteroatoms. The number of esters is 1. The Balaban J connectivity index is 3.55. The number of aliphatic hydroxyl groups is 1. The molecule has 3 atom stereocenters. The van der Waals surface area contributed by atoms with E-state index in [0.717, 1.165) is 64.2 Å². The van der Waals surface area contributed by atoms with E-state index in [1.165, 1.54) is 44.9 Å². The standard InChI is InChI=1S/C26H51ClO3/c1-4-7-9-10-13-16-20-25(28)24(27)19-15-12-11-14-17-21-26(29)30-22-23(6-3)18-8-5-2/h23-25,28H,4-22H2,1-3H3. The van der Waals surface area contributed by atoms with Crippen LogP contribution in [0.2, 0.25) is 0 Å². The molecule has 0 aliphatic carbocycles. The average molecular weight is 447 g/mol. The van der Waals surface area contributed by atoms with Crippen molar-refractivity contribution in [1.82, 2.24) is 0 Å². The van der Waals surface area contributed by atoms with Crippen molar-refractivity contribution in [3.05, 3.63) is 0 Å². The van der Waals surface area contributed by atoms with Crippen LogP contribution in [-0.2, 0) is 9.53 Å². The second-order valence-electron chi connectivity index (χ2n) is 9.05. The van der Waals surface area contributed by atoms with Gasteiger partial charge in [-0.05, 0) is 31.6 Å². The van der Waals surface area contributed by atoms with Gasteiger partial charge in [-0.1, -0.05) is 104 Å². The van der Waals surface area contributed by atoms with Gasteiger partial charge in [0, 0.05) is 6.42 Å². The molecular formula is C26H51ClO3. The predicted octanol–water partition coefficient (Wildman–Crippen LogP) is 8.20. The highest BCUT2D eigenvalue weighted by Gasteiger charge is 2.15. The van der Waals surface area contributed by atoms with Gasteiger partial charge in [0.15, 0.2) is 0 Å². The topological polar surface area (TPSA) is 46.5 Å². The van der Waals surface area contributed by atoms with Gasteiger partial charge in [-0.25, -0.2) is 0 Å². The van der Waals surface area contributed by atoms with E-state index in [1.807, 2.05) is 0 Å². The molecule has 3 nitrogen and oxygen atoms in total. The quantitative estimate of drug-likeness (QED) is 0.103. The van der Waals surface area contributed by atoms with E-state index in [-0.39, 0.29) is 17.5 Å². The summed E-state index contributed by atoms with van der Waals surface area (Å²) in [4.78, 5) is 11.9. The molecule has 0 heterocycles. The summed E-state index contributed by atoms with van der Waals surface area (Å²) in [7, 11) is 0. The number of aliphatic hydroxyl groups excluding tert-OH is 1. The average Bonchev–Trinajstić information content (AvgIpc) is 2.75. The van der Waals surface area contributed by atoms with Gasteiger partial charge in [0.05, 0.1) is 18.1 Å². The number of hydrogen-bond donors (Lipinski definition) is 1. The summed E-state index contributed by atoms with van der Waals surface area (Å²) in [5, 5.41) is 10.1. The third kappa shape index (κ3) is 18.5. The van der Waals surface area contributed by atoms with Gasteiger partial charge in [0.1, 0.15) is 0 Å². The maximum absolute atomic E-state index is 11.9. The number of rotatable bonds is 22. The molecule has 0 aromatic carbocycles. The largest absolute Gasteiger partial charge is 0.465 e. The van der Waals surface area contributed by atoms with Crippen LogP contribution in [0.25, 0.3) is 0 Å². The van der Waals surface area contributed by atoms with Gasteiger partial charge < -0.3 is 9.84 Å². The zero-order valence-corrected chi connectivity index (χ0v) is 21.1. The zero-order valence-electron chi connectivity index (χ0n) is 20.3. The molecule has 1 N–H and O–H groups in total. The van der Waals surface area contributed by atoms with Crippen LogP contribution in [0.15, 0.2) is 0 Å². The van der Waals surface area contributed by atoms with Crippen LogP contribution in [0, 0.1) is 5.92 Å². The van der Waals surface area contributed by atoms with E-state index in [0.29, 0.717) is 18.9 Å². The van der Waals surface area contributed by atoms with Gasteiger partial charge in [0.2, 0.25) is 0 Å². The van der Waals surface area contributed by atoms with Crippen molar-refractivity contribution in [2.45, 2.75) is 148 Å². The van der Waals surface area contributed by atoms with Crippen molar-refractivity contribution in [2.75, 3.05) is 6.61 Å². The fourth-order valence-electron chi connectivity index (χ4n) is 3.83. The summed E-state index contributed by atoms with van der Waals surface area (Å²) in [6.07, 6.45) is 19.3. The number of carbonyl (C=O) groups is 1. The number of alkyl halides is 1. The Morgan fingerprint density at radius 2 is 1.33 bits per heavy atom. The van der Waals surface area contributed by atoms with Crippen molar-refractivity contribution in [1.29, 1.82) is 0 Å². The van der Waals surface area contributed by atoms with Crippen LogP contribution in [-0.4, -0.2) is 29.2 Å². The molecule has 0 aromatic rings. The van der Waals surface area contributed by atoms with E-state index in [2.05, 4.69) is 20.8 Å². The first kappa shape index (κ1) is 29.7. The molecule has 0 saturated carbocycles. The number of halogens is 1. The molecule has 0 amide bonds. The van der Waals surface area contributed by atoms with Crippen molar-refractivity contribution in [2.24, 2.45) is 5.92 Å². The van der Waals surface area contributed by atoms with Gasteiger partial charge in [-0.15, -0.1) is 11.6 Å². The van der Waals surface area contributed by atoms with E-state index < -0.39 is 0 Å². The zero-order chi connectivity index (χ0) is 22.5. The van der Waals surface area contributed by atoms with Crippen molar-refractivity contribution in [3.8, 4) is 0 Å². The third-order valence-electron chi connectivity index (χ3n) is 6.16. The molecule has 0 spiro atoms. The van der Waals surface area contributed by atoms with Gasteiger partial charge >= 0.3 is 5.97 Å². The monoisotopic (exact) mass is 446 g/mol. The summed E-state index contributed by atoms with van der Waals surface area (Å²) < 4.78 is 5.45. The molecule has 0 rings (SSSR count). The summed E-state index contributed by atoms with van der Waals surface area (Å²) in [6.45, 7) is 7.19. The second kappa shape index (κ2) is 21.9. The summed E-state index contributed by atoms with van der Waals surface area (Å²) in [5.74, 6) is 0.484. The van der Waals surface area contributed by atoms with E-state index >= 15 is 0 Å². The molecular weight excluding hydrogens is 396 g/mol. The van der Waals surface area contributed by atoms with Crippen molar-refractivity contribution >= 4 is 17.6 Å². The Morgan fingerprint density at radius 1 is 0.767 bits per heavy atom. The normalized spacial score (nSPS) is 14.4. The molecule has 0 aromatic heterocycles. The molecule has 0 aliphatic rings. The van der Waals surface area contributed by atoms with Crippen molar-refractivity contribution < 1.29 is 14.6 Å². The molecule has 180 valence electrons. The highest BCUT2D eigenvalue weighted by atomic mass is 35.5. The molecule has 0 radical (unpaired) electrons. The summed E-state index contributed by atoms with van der Waals surface area (Å²) >= 11 is 6.37. The Labute approximate surface area is 192 Å². The fraction of sp³-hybridized carbons (Fsp3) is 0.962. The summed E-state index contributed by atoms with van der Waals surface area (Å²) in [5.41, 5.74) is 0. The van der Waals surface area contributed by atoms with Crippen LogP contribution in [0.4, 0.5) is 0 Å². The van der Waals surface area contributed by atoms with E-state index in [1.54, 1.807) is 0 Å². The summed E-state index contributed by atoms with van der Waals surface area (Å²) in [6, 6.07) is 0. The smallest absolute Gasteiger partial charge is 0.305 e. The predicted molar refractivity (Wildman–Crippen MR) is 130 cm³/mol. The lowest BCUT2D eigenvalue weighted by molar-refractivity contribution is -0.145. The fourth-order valence-corrected chi connectivity index (χ4v) is 4.11. The molecule has 0 saturated heterocycles. The first-order valence-electron chi connectivity index (χ1n) is 13.0. The minimum Gasteiger partial charge on any atom is -0.465 e. The van der Waals surface area contributed by atoms with Gasteiger partial charge in [-0.3, -0.25) is 4.79 Å². The second-order valence-corrected chi connectivity index (χ2v) is 9.61. The third-order valence-corrected chi connectivity index (χ3v) is 6.66. The van der Waals surface area contributed by atoms with Crippen LogP contribution in [0.1, 0.15) is 136 Å². The van der Waals surface area contributed by atoms with Crippen LogP contribution >= 0.6 is 11.6 Å². The van der Waals surface area contributed by atoms with Crippen LogP contribution < -0.4 is 0 Å². The first-order valence-corrected chi connectivity index (χ1v) is 13.5. The number of ether oxygens (including phenoxy) is 1. The minimum absolute atomic E-state index is 0.0383. The first-order chi connectivity index (χ1) is 14.5. The number of unbranched alkanes of at least 4 members (excludes halogenated alkanes) is 10. The van der Waals surface area contributed by atoms with Gasteiger partial charge in [0.25, 0.3) is 0 Å². The van der Waals surface area contributed by atoms with Gasteiger partial charge in [-0.2, -0.15) is 0 Å². The van der Waals surface area contributed by atoms with E-state index in [4.69, 9.17) is 16.3 Å². The molecule has 3 unspecified atom stereocenters. The lowest BCUT2D eigenvalue weighted by Gasteiger charge is -2.16. The Kier molecular flexibility index (Phi) is 21.7. The lowest BCUT2D eigenvalue weighted by atomic mass is 10.0. The maximum Gasteiger partial charge on any atom is 0.305 e. The van der Waals surface area contributed by atoms with E-state index in [9.17, 15) is 9.90 Å². The maximum atomic E-state index is 11.9. The highest BCUT2D eigenvalue weighted by Crippen LogP contribution is 2.19. The molecule has 0 aliphatic heterocycles. The molecule has 0 fully saturated rings. The Bertz CT molecular complexity index is 375. The Hall–Kier alpha value is -0.280. The molecule has 30 heavy (non-hydrogen) atoms.